The molecule has 37 heavy (non-hydrogen) atoms. The van der Waals surface area contributed by atoms with Crippen LogP contribution in [0.3, 0.4) is 0 Å². The van der Waals surface area contributed by atoms with Crippen molar-refractivity contribution in [3.05, 3.63) is 77.9 Å². The Morgan fingerprint density at radius 2 is 1.49 bits per heavy atom. The highest BCUT2D eigenvalue weighted by molar-refractivity contribution is 5.87. The Balaban J connectivity index is 2.02. The fourth-order valence-corrected chi connectivity index (χ4v) is 3.56. The van der Waals surface area contributed by atoms with Crippen LogP contribution in [0.15, 0.2) is 66.7 Å². The summed E-state index contributed by atoms with van der Waals surface area (Å²) in [5, 5.41) is 20.5. The maximum Gasteiger partial charge on any atom is 0.330 e. The topological polar surface area (TPSA) is 113 Å². The van der Waals surface area contributed by atoms with Gasteiger partial charge in [-0.3, -0.25) is 0 Å². The number of benzene rings is 3. The molecule has 0 radical (unpaired) electrons. The smallest absolute Gasteiger partial charge is 0.330 e. The summed E-state index contributed by atoms with van der Waals surface area (Å²) in [6.45, 7) is -0.409. The second kappa shape index (κ2) is 13.1. The molecule has 9 heteroatoms. The molecule has 0 bridgehead atoms. The first-order valence-corrected chi connectivity index (χ1v) is 11.3. The monoisotopic (exact) mass is 510 g/mol. The molecule has 0 heterocycles. The van der Waals surface area contributed by atoms with Crippen molar-refractivity contribution >= 4 is 12.0 Å². The van der Waals surface area contributed by atoms with Gasteiger partial charge in [-0.1, -0.05) is 24.3 Å². The van der Waals surface area contributed by atoms with Crippen molar-refractivity contribution in [2.75, 3.05) is 35.0 Å². The molecule has 0 amide bonds. The first-order chi connectivity index (χ1) is 17.9. The molecular formula is C28H30O9. The molecule has 0 aliphatic rings. The fourth-order valence-electron chi connectivity index (χ4n) is 3.56. The minimum Gasteiger partial charge on any atom is -0.504 e. The lowest BCUT2D eigenvalue weighted by atomic mass is 10.0. The molecule has 2 atom stereocenters. The van der Waals surface area contributed by atoms with E-state index < -0.39 is 24.8 Å². The van der Waals surface area contributed by atoms with Crippen molar-refractivity contribution in [2.24, 2.45) is 0 Å². The second-order valence-electron chi connectivity index (χ2n) is 7.73. The van der Waals surface area contributed by atoms with Crippen LogP contribution in [-0.2, 0) is 9.53 Å². The number of hydrogen-bond donors (Lipinski definition) is 2. The van der Waals surface area contributed by atoms with E-state index in [9.17, 15) is 15.0 Å². The molecule has 0 spiro atoms. The summed E-state index contributed by atoms with van der Waals surface area (Å²) in [4.78, 5) is 11.4. The average Bonchev–Trinajstić information content (AvgIpc) is 2.94. The van der Waals surface area contributed by atoms with Crippen molar-refractivity contribution in [1.82, 2.24) is 0 Å². The molecule has 9 nitrogen and oxygen atoms in total. The molecular weight excluding hydrogens is 480 g/mol. The molecule has 3 rings (SSSR count). The Bertz CT molecular complexity index is 1220. The first kappa shape index (κ1) is 27.2. The standard InChI is InChI=1S/C28H30O9/c1-32-21-7-5-6-8-22(21)36-26(17-29)28(19-11-12-20(30)24(16-19)33-2)37-23-13-9-18(15-25(23)34-3)10-14-27(31)35-4/h5-16,26,28-30H,17H2,1-4H3/b14-10+/t26-,28-/m1/s1. The minimum atomic E-state index is -0.894. The molecule has 0 aliphatic carbocycles. The largest absolute Gasteiger partial charge is 0.504 e. The van der Waals surface area contributed by atoms with Crippen molar-refractivity contribution in [3.8, 4) is 34.5 Å². The lowest BCUT2D eigenvalue weighted by Gasteiger charge is -2.29. The fraction of sp³-hybridized carbons (Fsp3) is 0.250. The van der Waals surface area contributed by atoms with Crippen molar-refractivity contribution in [1.29, 1.82) is 0 Å². The molecule has 196 valence electrons. The lowest BCUT2D eigenvalue weighted by Crippen LogP contribution is -2.33. The Kier molecular flexibility index (Phi) is 9.62. The van der Waals surface area contributed by atoms with Gasteiger partial charge in [0.15, 0.2) is 46.7 Å². The van der Waals surface area contributed by atoms with Gasteiger partial charge in [-0.15, -0.1) is 0 Å². The summed E-state index contributed by atoms with van der Waals surface area (Å²) in [6.07, 6.45) is 1.12. The normalized spacial score (nSPS) is 12.5. The van der Waals surface area contributed by atoms with Gasteiger partial charge in [-0.2, -0.15) is 0 Å². The van der Waals surface area contributed by atoms with E-state index in [0.717, 1.165) is 0 Å². The van der Waals surface area contributed by atoms with Crippen molar-refractivity contribution < 1.29 is 43.4 Å². The van der Waals surface area contributed by atoms with Crippen LogP contribution in [0.2, 0.25) is 0 Å². The summed E-state index contributed by atoms with van der Waals surface area (Å²) < 4.78 is 33.3. The van der Waals surface area contributed by atoms with Gasteiger partial charge in [0.1, 0.15) is 0 Å². The van der Waals surface area contributed by atoms with Crippen LogP contribution in [0, 0.1) is 0 Å². The van der Waals surface area contributed by atoms with Crippen LogP contribution < -0.4 is 23.7 Å². The van der Waals surface area contributed by atoms with Gasteiger partial charge in [0, 0.05) is 11.6 Å². The number of rotatable bonds is 12. The Morgan fingerprint density at radius 1 is 0.811 bits per heavy atom. The highest BCUT2D eigenvalue weighted by atomic mass is 16.6. The van der Waals surface area contributed by atoms with Crippen LogP contribution in [0.5, 0.6) is 34.5 Å². The van der Waals surface area contributed by atoms with E-state index in [-0.39, 0.29) is 11.5 Å². The van der Waals surface area contributed by atoms with E-state index >= 15 is 0 Å². The molecule has 0 aromatic heterocycles. The highest BCUT2D eigenvalue weighted by Gasteiger charge is 2.29. The number of hydrogen-bond acceptors (Lipinski definition) is 9. The Morgan fingerprint density at radius 3 is 2.14 bits per heavy atom. The lowest BCUT2D eigenvalue weighted by molar-refractivity contribution is -0.134. The average molecular weight is 511 g/mol. The summed E-state index contributed by atoms with van der Waals surface area (Å²) in [5.41, 5.74) is 1.25. The van der Waals surface area contributed by atoms with Crippen LogP contribution in [0.1, 0.15) is 17.2 Å². The Hall–Kier alpha value is -4.37. The zero-order valence-corrected chi connectivity index (χ0v) is 21.0. The number of esters is 1. The van der Waals surface area contributed by atoms with E-state index in [1.54, 1.807) is 60.7 Å². The van der Waals surface area contributed by atoms with Crippen LogP contribution >= 0.6 is 0 Å². The zero-order chi connectivity index (χ0) is 26.8. The predicted octanol–water partition coefficient (Wildman–Crippen LogP) is 4.16. The van der Waals surface area contributed by atoms with Crippen LogP contribution in [0.25, 0.3) is 6.08 Å². The van der Waals surface area contributed by atoms with Crippen molar-refractivity contribution in [3.63, 3.8) is 0 Å². The van der Waals surface area contributed by atoms with E-state index in [1.165, 1.54) is 40.6 Å². The predicted molar refractivity (Wildman–Crippen MR) is 137 cm³/mol. The third-order valence-corrected chi connectivity index (χ3v) is 5.45. The highest BCUT2D eigenvalue weighted by Crippen LogP contribution is 2.38. The third-order valence-electron chi connectivity index (χ3n) is 5.45. The maximum absolute atomic E-state index is 11.4. The second-order valence-corrected chi connectivity index (χ2v) is 7.73. The molecule has 0 unspecified atom stereocenters. The van der Waals surface area contributed by atoms with E-state index in [0.29, 0.717) is 34.1 Å². The molecule has 3 aromatic rings. The van der Waals surface area contributed by atoms with E-state index in [4.69, 9.17) is 23.7 Å². The van der Waals surface area contributed by atoms with Gasteiger partial charge in [0.05, 0.1) is 35.0 Å². The Labute approximate surface area is 215 Å². The SMILES string of the molecule is COC(=O)/C=C/c1ccc(O[C@H](c2ccc(O)c(OC)c2)[C@@H](CO)Oc2ccccc2OC)c(OC)c1. The zero-order valence-electron chi connectivity index (χ0n) is 21.0. The third kappa shape index (κ3) is 6.86. The number of aliphatic hydroxyl groups is 1. The minimum absolute atomic E-state index is 0.0458. The number of phenolic OH excluding ortho intramolecular Hbond substituents is 1. The quantitative estimate of drug-likeness (QED) is 0.274. The molecule has 0 aliphatic heterocycles. The molecule has 2 N–H and O–H groups in total. The first-order valence-electron chi connectivity index (χ1n) is 11.3. The van der Waals surface area contributed by atoms with Crippen molar-refractivity contribution in [2.45, 2.75) is 12.2 Å². The van der Waals surface area contributed by atoms with E-state index in [1.807, 2.05) is 0 Å². The molecule has 0 saturated heterocycles. The van der Waals surface area contributed by atoms with Gasteiger partial charge >= 0.3 is 5.97 Å². The number of para-hydroxylation sites is 2. The maximum atomic E-state index is 11.4. The summed E-state index contributed by atoms with van der Waals surface area (Å²) in [6, 6.07) is 16.9. The van der Waals surface area contributed by atoms with E-state index in [2.05, 4.69) is 4.74 Å². The number of carbonyl (C=O) groups is 1. The number of aliphatic hydroxyl groups excluding tert-OH is 1. The number of carbonyl (C=O) groups excluding carboxylic acids is 1. The summed E-state index contributed by atoms with van der Waals surface area (Å²) in [7, 11) is 5.75. The van der Waals surface area contributed by atoms with Gasteiger partial charge in [-0.05, 0) is 48.0 Å². The van der Waals surface area contributed by atoms with Gasteiger partial charge in [0.2, 0.25) is 0 Å². The molecule has 0 saturated carbocycles. The number of aromatic hydroxyl groups is 1. The molecule has 0 fully saturated rings. The molecule has 3 aromatic carbocycles. The van der Waals surface area contributed by atoms with Gasteiger partial charge in [0.25, 0.3) is 0 Å². The van der Waals surface area contributed by atoms with Crippen LogP contribution in [-0.4, -0.2) is 57.3 Å². The number of ether oxygens (including phenoxy) is 6. The van der Waals surface area contributed by atoms with Crippen LogP contribution in [0.4, 0.5) is 0 Å². The van der Waals surface area contributed by atoms with Gasteiger partial charge < -0.3 is 38.6 Å². The summed E-state index contributed by atoms with van der Waals surface area (Å²) >= 11 is 0. The van der Waals surface area contributed by atoms with Gasteiger partial charge in [-0.25, -0.2) is 4.79 Å². The summed E-state index contributed by atoms with van der Waals surface area (Å²) in [5.74, 6) is 1.35. The number of methoxy groups -OCH3 is 4. The number of phenols is 1.